The summed E-state index contributed by atoms with van der Waals surface area (Å²) in [5, 5.41) is 24.0. The molecule has 1 aliphatic heterocycles. The number of β-amino-alcohol motifs (C(OH)–C–C–N with tert-alkyl or cyclic N) is 1. The molecule has 4 aromatic rings. The summed E-state index contributed by atoms with van der Waals surface area (Å²) in [6.07, 6.45) is 3.14. The third-order valence-corrected chi connectivity index (χ3v) is 8.78. The molecule has 3 aromatic carbocycles. The number of H-pyrrole nitrogens is 1. The number of aromatic amines is 1. The van der Waals surface area contributed by atoms with E-state index >= 15 is 0 Å². The molecule has 174 valence electrons. The maximum atomic E-state index is 12.5. The minimum absolute atomic E-state index is 0.255. The van der Waals surface area contributed by atoms with Gasteiger partial charge in [-0.3, -0.25) is 0 Å². The van der Waals surface area contributed by atoms with Crippen molar-refractivity contribution in [2.75, 3.05) is 19.6 Å². The van der Waals surface area contributed by atoms with Crippen LogP contribution in [0, 0.1) is 0 Å². The molecule has 0 radical (unpaired) electrons. The van der Waals surface area contributed by atoms with Crippen LogP contribution < -0.4 is 0 Å². The highest BCUT2D eigenvalue weighted by atomic mass is 79.9. The molecule has 1 fully saturated rings. The molecule has 4 nitrogen and oxygen atoms in total. The molecule has 1 aliphatic carbocycles. The summed E-state index contributed by atoms with van der Waals surface area (Å²) in [4.78, 5) is 6.09. The molecule has 34 heavy (non-hydrogen) atoms. The van der Waals surface area contributed by atoms with Gasteiger partial charge in [0.2, 0.25) is 0 Å². The van der Waals surface area contributed by atoms with E-state index in [-0.39, 0.29) is 5.75 Å². The molecule has 2 atom stereocenters. The lowest BCUT2D eigenvalue weighted by molar-refractivity contribution is -0.102. The fourth-order valence-electron chi connectivity index (χ4n) is 6.34. The first kappa shape index (κ1) is 21.9. The minimum Gasteiger partial charge on any atom is -0.508 e. The zero-order chi connectivity index (χ0) is 23.3. The fraction of sp³-hybridized carbons (Fsp3) is 0.310. The van der Waals surface area contributed by atoms with E-state index in [0.29, 0.717) is 13.0 Å². The van der Waals surface area contributed by atoms with E-state index in [0.717, 1.165) is 47.9 Å². The quantitative estimate of drug-likeness (QED) is 0.342. The number of phenols is 1. The number of para-hydroxylation sites is 1. The summed E-state index contributed by atoms with van der Waals surface area (Å²) in [5.74, 6) is 0.255. The number of nitrogens with one attached hydrogen (secondary N) is 1. The van der Waals surface area contributed by atoms with Crippen molar-refractivity contribution in [2.45, 2.75) is 36.7 Å². The summed E-state index contributed by atoms with van der Waals surface area (Å²) in [6.45, 7) is 2.47. The first-order chi connectivity index (χ1) is 16.5. The van der Waals surface area contributed by atoms with Gasteiger partial charge in [-0.1, -0.05) is 54.6 Å². The summed E-state index contributed by atoms with van der Waals surface area (Å²) in [7, 11) is 0. The van der Waals surface area contributed by atoms with Crippen molar-refractivity contribution in [3.63, 3.8) is 0 Å². The third-order valence-electron chi connectivity index (χ3n) is 8.12. The predicted octanol–water partition coefficient (Wildman–Crippen LogP) is 5.35. The topological polar surface area (TPSA) is 59.5 Å². The van der Waals surface area contributed by atoms with Crippen LogP contribution in [-0.2, 0) is 24.7 Å². The van der Waals surface area contributed by atoms with Crippen molar-refractivity contribution < 1.29 is 10.2 Å². The summed E-state index contributed by atoms with van der Waals surface area (Å²) < 4.78 is 1.05. The monoisotopic (exact) mass is 516 g/mol. The molecule has 0 unspecified atom stereocenters. The first-order valence-electron chi connectivity index (χ1n) is 12.0. The highest BCUT2D eigenvalue weighted by Gasteiger charge is 2.57. The lowest BCUT2D eigenvalue weighted by Crippen LogP contribution is -2.66. The Balaban J connectivity index is 1.40. The molecule has 2 aliphatic rings. The number of rotatable bonds is 4. The SMILES string of the molecule is Oc1cccc([C@@]23CCN(CCc4ccccc4)C[C@@]2(O)Cc2c([nH]c4c(Br)cccc24)C3)c1. The number of fused-ring (bicyclic) bond motifs is 4. The third kappa shape index (κ3) is 3.49. The van der Waals surface area contributed by atoms with Crippen LogP contribution in [0.5, 0.6) is 5.75 Å². The molecule has 5 heteroatoms. The van der Waals surface area contributed by atoms with Crippen LogP contribution in [0.3, 0.4) is 0 Å². The number of hydrogen-bond acceptors (Lipinski definition) is 3. The lowest BCUT2D eigenvalue weighted by Gasteiger charge is -2.56. The Bertz CT molecular complexity index is 1350. The average Bonchev–Trinajstić information content (AvgIpc) is 3.19. The van der Waals surface area contributed by atoms with Gasteiger partial charge in [-0.25, -0.2) is 0 Å². The van der Waals surface area contributed by atoms with E-state index in [9.17, 15) is 10.2 Å². The smallest absolute Gasteiger partial charge is 0.115 e. The van der Waals surface area contributed by atoms with E-state index in [1.807, 2.05) is 12.1 Å². The number of halogens is 1. The summed E-state index contributed by atoms with van der Waals surface area (Å²) in [5.41, 5.74) is 4.50. The van der Waals surface area contributed by atoms with Crippen LogP contribution >= 0.6 is 15.9 Å². The van der Waals surface area contributed by atoms with Crippen molar-refractivity contribution in [2.24, 2.45) is 0 Å². The predicted molar refractivity (Wildman–Crippen MR) is 139 cm³/mol. The molecule has 1 aromatic heterocycles. The first-order valence-corrected chi connectivity index (χ1v) is 12.8. The Morgan fingerprint density at radius 3 is 2.62 bits per heavy atom. The van der Waals surface area contributed by atoms with Gasteiger partial charge in [0.25, 0.3) is 0 Å². The Morgan fingerprint density at radius 2 is 1.79 bits per heavy atom. The Morgan fingerprint density at radius 1 is 0.971 bits per heavy atom. The summed E-state index contributed by atoms with van der Waals surface area (Å²) in [6, 6.07) is 24.4. The van der Waals surface area contributed by atoms with Crippen molar-refractivity contribution in [3.8, 4) is 5.75 Å². The molecule has 0 bridgehead atoms. The van der Waals surface area contributed by atoms with E-state index in [2.05, 4.69) is 80.4 Å². The van der Waals surface area contributed by atoms with Crippen LogP contribution in [0.4, 0.5) is 0 Å². The number of phenolic OH excluding ortho intramolecular Hbond substituents is 1. The van der Waals surface area contributed by atoms with Gasteiger partial charge in [0.05, 0.1) is 11.1 Å². The van der Waals surface area contributed by atoms with Gasteiger partial charge in [-0.2, -0.15) is 0 Å². The van der Waals surface area contributed by atoms with Crippen molar-refractivity contribution in [1.82, 2.24) is 9.88 Å². The Labute approximate surface area is 208 Å². The number of likely N-dealkylation sites (tertiary alicyclic amines) is 1. The number of aromatic hydroxyl groups is 1. The number of benzene rings is 3. The Kier molecular flexibility index (Phi) is 5.32. The molecule has 3 N–H and O–H groups in total. The molecule has 6 rings (SSSR count). The molecule has 0 amide bonds. The fourth-order valence-corrected chi connectivity index (χ4v) is 6.81. The number of piperidine rings is 1. The normalized spacial score (nSPS) is 24.6. The van der Waals surface area contributed by atoms with Crippen molar-refractivity contribution in [3.05, 3.63) is 99.7 Å². The van der Waals surface area contributed by atoms with Crippen molar-refractivity contribution >= 4 is 26.8 Å². The highest BCUT2D eigenvalue weighted by molar-refractivity contribution is 9.10. The second kappa shape index (κ2) is 8.26. The van der Waals surface area contributed by atoms with Gasteiger partial charge < -0.3 is 20.1 Å². The molecule has 0 saturated carbocycles. The maximum absolute atomic E-state index is 12.5. The van der Waals surface area contributed by atoms with E-state index in [1.165, 1.54) is 22.2 Å². The molecule has 2 heterocycles. The number of aromatic nitrogens is 1. The van der Waals surface area contributed by atoms with Crippen LogP contribution in [0.1, 0.15) is 28.8 Å². The number of hydrogen-bond donors (Lipinski definition) is 3. The number of aliphatic hydroxyl groups is 1. The van der Waals surface area contributed by atoms with E-state index < -0.39 is 11.0 Å². The van der Waals surface area contributed by atoms with E-state index in [1.54, 1.807) is 6.07 Å². The highest BCUT2D eigenvalue weighted by Crippen LogP contribution is 2.52. The van der Waals surface area contributed by atoms with Gasteiger partial charge >= 0.3 is 0 Å². The maximum Gasteiger partial charge on any atom is 0.115 e. The second-order valence-corrected chi connectivity index (χ2v) is 10.9. The van der Waals surface area contributed by atoms with Gasteiger partial charge in [0, 0.05) is 46.9 Å². The van der Waals surface area contributed by atoms with Gasteiger partial charge in [-0.05, 0) is 70.2 Å². The second-order valence-electron chi connectivity index (χ2n) is 10.0. The largest absolute Gasteiger partial charge is 0.508 e. The Hall–Kier alpha value is -2.60. The van der Waals surface area contributed by atoms with Gasteiger partial charge in [0.1, 0.15) is 5.75 Å². The lowest BCUT2D eigenvalue weighted by atomic mass is 9.56. The van der Waals surface area contributed by atoms with Gasteiger partial charge in [0.15, 0.2) is 0 Å². The van der Waals surface area contributed by atoms with Gasteiger partial charge in [-0.15, -0.1) is 0 Å². The number of nitrogens with zero attached hydrogens (tertiary/aromatic N) is 1. The molecular weight excluding hydrogens is 488 g/mol. The zero-order valence-corrected chi connectivity index (χ0v) is 20.7. The molecule has 0 spiro atoms. The standard InChI is InChI=1S/C29H29BrN2O2/c30-25-11-5-10-23-24-17-29(34)19-32(14-12-20-6-2-1-3-7-20)15-13-28(29,18-26(24)31-27(23)25)21-8-4-9-22(33)16-21/h1-11,16,31,33-34H,12-15,17-19H2/t28-,29-/m0/s1. The molecule has 1 saturated heterocycles. The summed E-state index contributed by atoms with van der Waals surface area (Å²) >= 11 is 3.70. The zero-order valence-electron chi connectivity index (χ0n) is 19.1. The van der Waals surface area contributed by atoms with Crippen LogP contribution in [0.15, 0.2) is 77.3 Å². The van der Waals surface area contributed by atoms with Crippen molar-refractivity contribution in [1.29, 1.82) is 0 Å². The van der Waals surface area contributed by atoms with Crippen LogP contribution in [-0.4, -0.2) is 45.3 Å². The minimum atomic E-state index is -0.930. The van der Waals surface area contributed by atoms with E-state index in [4.69, 9.17) is 0 Å². The van der Waals surface area contributed by atoms with Crippen LogP contribution in [0.25, 0.3) is 10.9 Å². The average molecular weight is 517 g/mol. The van der Waals surface area contributed by atoms with Crippen LogP contribution in [0.2, 0.25) is 0 Å². The molecular formula is C29H29BrN2O2.